The highest BCUT2D eigenvalue weighted by Gasteiger charge is 2.53. The fourth-order valence-corrected chi connectivity index (χ4v) is 15.0. The van der Waals surface area contributed by atoms with E-state index in [4.69, 9.17) is 35.7 Å². The molecular weight excluding hydrogens is 1220 g/mol. The van der Waals surface area contributed by atoms with Crippen LogP contribution in [0.3, 0.4) is 0 Å². The van der Waals surface area contributed by atoms with E-state index < -0.39 is 10.8 Å². The molecule has 0 unspecified atom stereocenters. The lowest BCUT2D eigenvalue weighted by Gasteiger charge is -2.35. The van der Waals surface area contributed by atoms with E-state index in [1.54, 1.807) is 22.7 Å². The van der Waals surface area contributed by atoms with Crippen molar-refractivity contribution in [2.24, 2.45) is 0 Å². The maximum Gasteiger partial charge on any atom is 0.0984 e. The molecule has 3 heterocycles. The molecule has 0 spiro atoms. The SMILES string of the molecule is C#CC#CC#CC#Cc1ccc(C2(c3ccc(C#CC#CC#CC#C)cc3)c3cc4c(cc3-c3sc(C)cc32)C(c2ccc(C#CC#CC#CC#C)cc2)(c2ccc(C#CC#CC#CC#C)cc2)c2cc(-c3ccc(C)c5nc(-c6ccccc6)c(-c6ccccc6)nc35)sc2-4)cc1. The predicted octanol–water partition coefficient (Wildman–Crippen LogP) is 16.1. The van der Waals surface area contributed by atoms with E-state index >= 15 is 0 Å². The summed E-state index contributed by atoms with van der Waals surface area (Å²) in [5.41, 5.74) is 19.2. The number of terminal acetylenes is 4. The largest absolute Gasteiger partial charge is 0.244 e. The van der Waals surface area contributed by atoms with Crippen LogP contribution in [0.1, 0.15) is 77.2 Å². The fourth-order valence-electron chi connectivity index (χ4n) is 12.7. The second-order valence-electron chi connectivity index (χ2n) is 22.1. The minimum Gasteiger partial charge on any atom is -0.244 e. The first-order chi connectivity index (χ1) is 48.3. The van der Waals surface area contributed by atoms with E-state index in [2.05, 4.69) is 337 Å². The third-order valence-corrected chi connectivity index (χ3v) is 18.9. The van der Waals surface area contributed by atoms with Gasteiger partial charge in [-0.05, 0) is 290 Å². The molecular formula is C94H42N2S2. The van der Waals surface area contributed by atoms with Gasteiger partial charge in [-0.25, -0.2) is 9.97 Å². The molecule has 11 aromatic rings. The quantitative estimate of drug-likeness (QED) is 0.149. The maximum atomic E-state index is 5.70. The second kappa shape index (κ2) is 28.1. The van der Waals surface area contributed by atoms with Gasteiger partial charge in [0, 0.05) is 58.5 Å². The molecule has 2 nitrogen and oxygen atoms in total. The van der Waals surface area contributed by atoms with Crippen LogP contribution in [-0.2, 0) is 10.8 Å². The third-order valence-electron chi connectivity index (χ3n) is 16.6. The minimum absolute atomic E-state index is 0.774. The van der Waals surface area contributed by atoms with E-state index in [0.717, 1.165) is 142 Å². The highest BCUT2D eigenvalue weighted by molar-refractivity contribution is 7.19. The molecule has 0 saturated carbocycles. The second-order valence-corrected chi connectivity index (χ2v) is 24.4. The normalized spacial score (nSPS) is 10.9. The van der Waals surface area contributed by atoms with E-state index in [1.165, 1.54) is 0 Å². The number of aryl methyl sites for hydroxylation is 2. The van der Waals surface area contributed by atoms with E-state index in [-0.39, 0.29) is 0 Å². The molecule has 0 atom stereocenters. The molecule has 2 aliphatic carbocycles. The number of hydrogen-bond acceptors (Lipinski definition) is 4. The Morgan fingerprint density at radius 1 is 0.306 bits per heavy atom. The summed E-state index contributed by atoms with van der Waals surface area (Å²) in [4.78, 5) is 15.7. The number of thiophene rings is 2. The lowest BCUT2D eigenvalue weighted by atomic mass is 9.65. The van der Waals surface area contributed by atoms with Crippen molar-refractivity contribution in [2.45, 2.75) is 24.7 Å². The Bertz CT molecular complexity index is 5990. The van der Waals surface area contributed by atoms with Crippen molar-refractivity contribution in [1.82, 2.24) is 9.97 Å². The Morgan fingerprint density at radius 3 is 1.02 bits per heavy atom. The van der Waals surface area contributed by atoms with Crippen molar-refractivity contribution in [3.8, 4) is 245 Å². The molecule has 0 amide bonds. The summed E-state index contributed by atoms with van der Waals surface area (Å²) in [7, 11) is 0. The van der Waals surface area contributed by atoms with Gasteiger partial charge >= 0.3 is 0 Å². The Balaban J connectivity index is 1.11. The number of nitrogens with zero attached hydrogens (tertiary/aromatic N) is 2. The Hall–Kier alpha value is -14.5. The number of fused-ring (bicyclic) bond motifs is 7. The van der Waals surface area contributed by atoms with Crippen molar-refractivity contribution in [1.29, 1.82) is 0 Å². The summed E-state index contributed by atoms with van der Waals surface area (Å²) in [5.74, 6) is 76.8. The molecule has 98 heavy (non-hydrogen) atoms. The number of aromatic nitrogens is 2. The summed E-state index contributed by atoms with van der Waals surface area (Å²) in [5, 5.41) is 0. The van der Waals surface area contributed by atoms with Crippen molar-refractivity contribution in [3.05, 3.63) is 271 Å². The lowest BCUT2D eigenvalue weighted by Crippen LogP contribution is -2.30. The average molecular weight is 1260 g/mol. The Labute approximate surface area is 580 Å². The van der Waals surface area contributed by atoms with Gasteiger partial charge in [0.15, 0.2) is 0 Å². The van der Waals surface area contributed by atoms with Crippen LogP contribution in [-0.4, -0.2) is 9.97 Å². The van der Waals surface area contributed by atoms with Gasteiger partial charge in [0.2, 0.25) is 0 Å². The number of hydrogen-bond donors (Lipinski definition) is 0. The molecule has 4 heteroatoms. The van der Waals surface area contributed by atoms with Gasteiger partial charge in [0.1, 0.15) is 0 Å². The van der Waals surface area contributed by atoms with Crippen LogP contribution >= 0.6 is 22.7 Å². The van der Waals surface area contributed by atoms with Crippen LogP contribution in [0.25, 0.3) is 64.9 Å². The van der Waals surface area contributed by atoms with E-state index in [9.17, 15) is 0 Å². The molecule has 0 saturated heterocycles. The summed E-state index contributed by atoms with van der Waals surface area (Å²) >= 11 is 3.55. The summed E-state index contributed by atoms with van der Waals surface area (Å²) in [6.07, 6.45) is 21.4. The molecule has 13 rings (SSSR count). The summed E-state index contributed by atoms with van der Waals surface area (Å²) < 4.78 is 0. The molecule has 0 bridgehead atoms. The first-order valence-electron chi connectivity index (χ1n) is 30.4. The molecule has 2 aliphatic rings. The molecule has 3 aromatic heterocycles. The van der Waals surface area contributed by atoms with Crippen molar-refractivity contribution >= 4 is 33.7 Å². The van der Waals surface area contributed by atoms with Gasteiger partial charge < -0.3 is 0 Å². The summed E-state index contributed by atoms with van der Waals surface area (Å²) in [6, 6.07) is 68.6. The molecule has 0 aliphatic heterocycles. The van der Waals surface area contributed by atoms with Gasteiger partial charge in [-0.3, -0.25) is 0 Å². The highest BCUT2D eigenvalue weighted by Crippen LogP contribution is 2.65. The maximum absolute atomic E-state index is 5.70. The average Bonchev–Trinajstić information content (AvgIpc) is 1.50. The zero-order valence-corrected chi connectivity index (χ0v) is 54.1. The zero-order chi connectivity index (χ0) is 67.3. The van der Waals surface area contributed by atoms with Gasteiger partial charge in [-0.15, -0.1) is 48.4 Å². The Morgan fingerprint density at radius 2 is 0.643 bits per heavy atom. The van der Waals surface area contributed by atoms with Crippen molar-refractivity contribution in [3.63, 3.8) is 0 Å². The first kappa shape index (κ1) is 62.3. The van der Waals surface area contributed by atoms with Gasteiger partial charge in [-0.2, -0.15) is 0 Å². The van der Waals surface area contributed by atoms with Crippen molar-refractivity contribution < 1.29 is 0 Å². The van der Waals surface area contributed by atoms with Crippen molar-refractivity contribution in [2.75, 3.05) is 0 Å². The van der Waals surface area contributed by atoms with Gasteiger partial charge in [0.25, 0.3) is 0 Å². The Kier molecular flexibility index (Phi) is 17.9. The number of rotatable bonds is 7. The lowest BCUT2D eigenvalue weighted by molar-refractivity contribution is 0.759. The van der Waals surface area contributed by atoms with Crippen LogP contribution in [0.2, 0.25) is 0 Å². The smallest absolute Gasteiger partial charge is 0.0984 e. The molecule has 0 radical (unpaired) electrons. The third kappa shape index (κ3) is 11.9. The molecule has 8 aromatic carbocycles. The first-order valence-corrected chi connectivity index (χ1v) is 32.1. The van der Waals surface area contributed by atoms with Crippen LogP contribution in [0.4, 0.5) is 0 Å². The van der Waals surface area contributed by atoms with Crippen LogP contribution in [0.15, 0.2) is 194 Å². The monoisotopic (exact) mass is 1260 g/mol. The van der Waals surface area contributed by atoms with Crippen LogP contribution < -0.4 is 0 Å². The van der Waals surface area contributed by atoms with Gasteiger partial charge in [0.05, 0.1) is 33.3 Å². The predicted molar refractivity (Wildman–Crippen MR) is 401 cm³/mol. The topological polar surface area (TPSA) is 25.8 Å². The van der Waals surface area contributed by atoms with Crippen LogP contribution in [0.5, 0.6) is 0 Å². The summed E-state index contributed by atoms with van der Waals surface area (Å²) in [6.45, 7) is 4.28. The minimum atomic E-state index is -0.952. The highest BCUT2D eigenvalue weighted by atomic mass is 32.1. The fraction of sp³-hybridized carbons (Fsp3) is 0.0426. The van der Waals surface area contributed by atoms with E-state index in [0.29, 0.717) is 0 Å². The van der Waals surface area contributed by atoms with Crippen LogP contribution in [0, 0.1) is 205 Å². The molecule has 0 N–H and O–H groups in total. The van der Waals surface area contributed by atoms with E-state index in [1.807, 2.05) is 36.4 Å². The standard InChI is InChI=1S/C94H42N2S2/c1-7-11-15-19-23-29-37-69-46-54-75(55-47-69)93(76-56-48-70(49-57-76)38-30-24-20-16-12-8-2)82-65-81-83(64-80(82)91-84(93)63-68(6)97-91)94(77-58-50-71(51-59-77)39-31-25-21-17-13-9-3,78-60-52-72(53-61-78)40-32-26-22-18-14-10-4)85-66-86(98-92(81)85)79-62-45-67(5)87-90(79)96-89(74-43-35-28-36-44-74)88(95-87)73-41-33-27-34-42-73/h1-4,27-28,33-36,41-66H,5-6H3. The zero-order valence-electron chi connectivity index (χ0n) is 52.5. The molecule has 440 valence electrons. The molecule has 0 fully saturated rings. The number of benzene rings is 8. The van der Waals surface area contributed by atoms with Gasteiger partial charge in [-0.1, -0.05) is 145 Å².